The number of hydrogen-bond donors (Lipinski definition) is 7. The van der Waals surface area contributed by atoms with Crippen molar-refractivity contribution in [3.05, 3.63) is 80.0 Å². The standard InChI is InChI=1S/C24H24FN7O6S.C2HF3O2/c1-37-14-9-15(17(25)16(10-14)38-8-2-7-33)18(29-13-5-3-12(4-6-13)20(26)27)21-30-24(36)32(31-21)22-19(23(34)35)39-11-28-22;3-2(4,5)1(6)7/h3-6,9-11,18,29,33H,2,7-8H2,1H3,(H3,26,27)(H,34,35)(H,30,31,36);(H,6,7). The molecule has 0 saturated carbocycles. The number of hydrogen-bond acceptors (Lipinski definition) is 11. The minimum absolute atomic E-state index is 0.0124. The number of carboxylic acid groups (broad SMARTS) is 2. The van der Waals surface area contributed by atoms with Gasteiger partial charge in [0.1, 0.15) is 17.6 Å². The highest BCUT2D eigenvalue weighted by Crippen LogP contribution is 2.35. The van der Waals surface area contributed by atoms with Crippen molar-refractivity contribution in [1.29, 1.82) is 5.41 Å². The topological polar surface area (TPSA) is 239 Å². The Morgan fingerprint density at radius 2 is 1.87 bits per heavy atom. The molecule has 4 rings (SSSR count). The summed E-state index contributed by atoms with van der Waals surface area (Å²) in [6.07, 6.45) is -4.81. The maximum Gasteiger partial charge on any atom is 0.490 e. The van der Waals surface area contributed by atoms with E-state index in [-0.39, 0.29) is 59.1 Å². The number of aromatic nitrogens is 4. The number of aliphatic hydroxyl groups excluding tert-OH is 1. The molecule has 15 nitrogen and oxygen atoms in total. The van der Waals surface area contributed by atoms with E-state index in [0.717, 1.165) is 16.0 Å². The lowest BCUT2D eigenvalue weighted by Crippen LogP contribution is -2.21. The Bertz CT molecular complexity index is 1760. The Balaban J connectivity index is 0.000000738. The second kappa shape index (κ2) is 15.0. The van der Waals surface area contributed by atoms with Crippen molar-refractivity contribution in [2.45, 2.75) is 18.6 Å². The predicted molar refractivity (Wildman–Crippen MR) is 154 cm³/mol. The molecule has 2 heterocycles. The van der Waals surface area contributed by atoms with Gasteiger partial charge in [-0.05, 0) is 30.3 Å². The number of thiazole rings is 1. The fourth-order valence-electron chi connectivity index (χ4n) is 3.63. The number of aliphatic hydroxyl groups is 1. The quantitative estimate of drug-likeness (QED) is 0.0498. The van der Waals surface area contributed by atoms with Gasteiger partial charge >= 0.3 is 23.8 Å². The van der Waals surface area contributed by atoms with Crippen LogP contribution in [0, 0.1) is 11.2 Å². The lowest BCUT2D eigenvalue weighted by molar-refractivity contribution is -0.192. The van der Waals surface area contributed by atoms with E-state index < -0.39 is 35.7 Å². The maximum absolute atomic E-state index is 15.8. The number of aromatic amines is 1. The van der Waals surface area contributed by atoms with Gasteiger partial charge < -0.3 is 35.8 Å². The summed E-state index contributed by atoms with van der Waals surface area (Å²) in [6.45, 7) is -0.107. The van der Waals surface area contributed by atoms with Gasteiger partial charge in [-0.15, -0.1) is 16.4 Å². The molecule has 0 aliphatic heterocycles. The molecular weight excluding hydrogens is 646 g/mol. The van der Waals surface area contributed by atoms with Crippen molar-refractivity contribution in [2.24, 2.45) is 5.73 Å². The third kappa shape index (κ3) is 8.57. The van der Waals surface area contributed by atoms with E-state index in [9.17, 15) is 27.9 Å². The van der Waals surface area contributed by atoms with Gasteiger partial charge in [0.05, 0.1) is 19.2 Å². The van der Waals surface area contributed by atoms with E-state index >= 15 is 4.39 Å². The van der Waals surface area contributed by atoms with E-state index in [4.69, 9.17) is 35.6 Å². The molecule has 0 spiro atoms. The van der Waals surface area contributed by atoms with Crippen LogP contribution in [0.25, 0.3) is 5.82 Å². The van der Waals surface area contributed by atoms with E-state index in [1.54, 1.807) is 24.3 Å². The molecule has 8 N–H and O–H groups in total. The summed E-state index contributed by atoms with van der Waals surface area (Å²) in [4.78, 5) is 39.7. The van der Waals surface area contributed by atoms with Crippen molar-refractivity contribution in [1.82, 2.24) is 19.7 Å². The number of alkyl halides is 3. The van der Waals surface area contributed by atoms with Gasteiger partial charge in [0.25, 0.3) is 0 Å². The minimum Gasteiger partial charge on any atom is -0.497 e. The van der Waals surface area contributed by atoms with Crippen LogP contribution in [0.5, 0.6) is 11.5 Å². The van der Waals surface area contributed by atoms with Crippen LogP contribution in [0.3, 0.4) is 0 Å². The molecule has 4 aromatic rings. The molecule has 2 aromatic carbocycles. The van der Waals surface area contributed by atoms with Crippen molar-refractivity contribution >= 4 is 34.8 Å². The summed E-state index contributed by atoms with van der Waals surface area (Å²) >= 11 is 0.822. The van der Waals surface area contributed by atoms with Gasteiger partial charge in [0.15, 0.2) is 28.1 Å². The van der Waals surface area contributed by atoms with Crippen molar-refractivity contribution < 1.29 is 51.9 Å². The fourth-order valence-corrected chi connectivity index (χ4v) is 4.23. The number of nitrogens with two attached hydrogens (primary N) is 1. The number of carbonyl (C=O) groups is 2. The number of benzene rings is 2. The minimum atomic E-state index is -5.08. The highest BCUT2D eigenvalue weighted by atomic mass is 32.1. The number of rotatable bonds is 12. The number of nitrogen functional groups attached to an aromatic ring is 1. The monoisotopic (exact) mass is 671 g/mol. The largest absolute Gasteiger partial charge is 0.497 e. The van der Waals surface area contributed by atoms with Crippen LogP contribution >= 0.6 is 11.3 Å². The second-order valence-electron chi connectivity index (χ2n) is 8.86. The van der Waals surface area contributed by atoms with E-state index in [0.29, 0.717) is 11.3 Å². The molecule has 246 valence electrons. The molecule has 0 radical (unpaired) electrons. The third-order valence-corrected chi connectivity index (χ3v) is 6.55. The zero-order valence-electron chi connectivity index (χ0n) is 23.5. The van der Waals surface area contributed by atoms with Crippen molar-refractivity contribution in [2.75, 3.05) is 25.6 Å². The Morgan fingerprint density at radius 3 is 2.41 bits per heavy atom. The van der Waals surface area contributed by atoms with Crippen LogP contribution < -0.4 is 26.2 Å². The van der Waals surface area contributed by atoms with E-state index in [2.05, 4.69) is 20.4 Å². The molecule has 0 aliphatic carbocycles. The molecule has 1 atom stereocenters. The van der Waals surface area contributed by atoms with E-state index in [1.807, 2.05) is 0 Å². The highest BCUT2D eigenvalue weighted by molar-refractivity contribution is 7.12. The number of nitrogens with zero attached hydrogens (tertiary/aromatic N) is 3. The van der Waals surface area contributed by atoms with E-state index in [1.165, 1.54) is 24.8 Å². The number of methoxy groups -OCH3 is 1. The predicted octanol–water partition coefficient (Wildman–Crippen LogP) is 2.74. The normalized spacial score (nSPS) is 11.6. The molecule has 20 heteroatoms. The number of aliphatic carboxylic acids is 1. The van der Waals surface area contributed by atoms with Crippen LogP contribution in [-0.4, -0.2) is 79.3 Å². The molecule has 0 saturated heterocycles. The summed E-state index contributed by atoms with van der Waals surface area (Å²) < 4.78 is 59.2. The molecule has 0 aliphatic rings. The summed E-state index contributed by atoms with van der Waals surface area (Å²) in [6, 6.07) is 8.01. The Kier molecular flexibility index (Phi) is 11.4. The number of H-pyrrole nitrogens is 1. The van der Waals surface area contributed by atoms with Crippen LogP contribution in [0.4, 0.5) is 23.2 Å². The van der Waals surface area contributed by atoms with Crippen molar-refractivity contribution in [3.8, 4) is 17.3 Å². The first-order chi connectivity index (χ1) is 21.7. The first kappa shape index (κ1) is 35.0. The average Bonchev–Trinajstić information content (AvgIpc) is 3.64. The molecule has 0 amide bonds. The van der Waals surface area contributed by atoms with Crippen LogP contribution in [0.15, 0.2) is 46.7 Å². The lowest BCUT2D eigenvalue weighted by Gasteiger charge is -2.21. The Hall–Kier alpha value is -5.50. The van der Waals surface area contributed by atoms with Gasteiger partial charge in [-0.2, -0.15) is 17.9 Å². The zero-order chi connectivity index (χ0) is 34.2. The van der Waals surface area contributed by atoms with Crippen LogP contribution in [0.2, 0.25) is 0 Å². The van der Waals surface area contributed by atoms with Crippen molar-refractivity contribution in [3.63, 3.8) is 0 Å². The number of amidine groups is 1. The fraction of sp³-hybridized carbons (Fsp3) is 0.231. The first-order valence-electron chi connectivity index (χ1n) is 12.7. The molecule has 2 aromatic heterocycles. The molecular formula is C26H25F4N7O8S. The highest BCUT2D eigenvalue weighted by Gasteiger charge is 2.38. The van der Waals surface area contributed by atoms with Gasteiger partial charge in [-0.25, -0.2) is 23.8 Å². The van der Waals surface area contributed by atoms with Gasteiger partial charge in [0, 0.05) is 35.9 Å². The lowest BCUT2D eigenvalue weighted by atomic mass is 10.0. The number of halogens is 4. The number of carboxylic acids is 2. The molecule has 46 heavy (non-hydrogen) atoms. The summed E-state index contributed by atoms with van der Waals surface area (Å²) in [7, 11) is 1.39. The molecule has 1 unspecified atom stereocenters. The van der Waals surface area contributed by atoms with Gasteiger partial charge in [0.2, 0.25) is 0 Å². The van der Waals surface area contributed by atoms with Gasteiger partial charge in [-0.1, -0.05) is 0 Å². The van der Waals surface area contributed by atoms with Crippen LogP contribution in [0.1, 0.15) is 39.1 Å². The second-order valence-corrected chi connectivity index (χ2v) is 9.72. The number of anilines is 1. The summed E-state index contributed by atoms with van der Waals surface area (Å²) in [5.74, 6) is -5.11. The number of ether oxygens (including phenoxy) is 2. The van der Waals surface area contributed by atoms with Gasteiger partial charge in [-0.3, -0.25) is 10.4 Å². The smallest absolute Gasteiger partial charge is 0.490 e. The third-order valence-electron chi connectivity index (χ3n) is 5.75. The zero-order valence-corrected chi connectivity index (χ0v) is 24.3. The molecule has 0 bridgehead atoms. The maximum atomic E-state index is 15.8. The van der Waals surface area contributed by atoms with Crippen LogP contribution in [-0.2, 0) is 4.79 Å². The SMILES string of the molecule is COc1cc(OCCCO)c(F)c(C(Nc2ccc(C(=N)N)cc2)c2nn(-c3ncsc3C(=O)O)c(=O)[nH]2)c1.O=C(O)C(F)(F)F. The summed E-state index contributed by atoms with van der Waals surface area (Å²) in [5.41, 5.74) is 6.93. The average molecular weight is 672 g/mol. The summed E-state index contributed by atoms with van der Waals surface area (Å²) in [5, 5.41) is 40.6. The Labute approximate surface area is 259 Å². The number of nitrogens with one attached hydrogen (secondary N) is 3. The Morgan fingerprint density at radius 1 is 1.22 bits per heavy atom. The molecule has 0 fully saturated rings. The number of aromatic carboxylic acids is 1. The first-order valence-corrected chi connectivity index (χ1v) is 13.5.